The fraction of sp³-hybridized carbons (Fsp3) is 0.227. The molecular formula is C22H20Cl3N3O3S2. The highest BCUT2D eigenvalue weighted by atomic mass is 35.5. The molecule has 11 heteroatoms. The van der Waals surface area contributed by atoms with Gasteiger partial charge in [-0.25, -0.2) is 8.42 Å². The van der Waals surface area contributed by atoms with E-state index in [-0.39, 0.29) is 16.7 Å². The Kier molecular flexibility index (Phi) is 7.53. The third-order valence-electron chi connectivity index (χ3n) is 5.27. The summed E-state index contributed by atoms with van der Waals surface area (Å²) < 4.78 is 28.0. The first-order valence-electron chi connectivity index (χ1n) is 10.1. The van der Waals surface area contributed by atoms with Gasteiger partial charge in [-0.15, -0.1) is 11.3 Å². The highest BCUT2D eigenvalue weighted by Crippen LogP contribution is 2.30. The van der Waals surface area contributed by atoms with Crippen LogP contribution < -0.4 is 10.2 Å². The lowest BCUT2D eigenvalue weighted by atomic mass is 10.2. The van der Waals surface area contributed by atoms with Gasteiger partial charge in [0.05, 0.1) is 16.6 Å². The van der Waals surface area contributed by atoms with Gasteiger partial charge < -0.3 is 10.2 Å². The van der Waals surface area contributed by atoms with Crippen molar-refractivity contribution in [3.8, 4) is 0 Å². The quantitative estimate of drug-likeness (QED) is 0.466. The molecule has 2 heterocycles. The Hall–Kier alpha value is -1.81. The molecule has 3 aromatic rings. The lowest BCUT2D eigenvalue weighted by Crippen LogP contribution is -2.48. The maximum absolute atomic E-state index is 13.1. The fourth-order valence-corrected chi connectivity index (χ4v) is 6.75. The number of piperazine rings is 1. The van der Waals surface area contributed by atoms with Gasteiger partial charge in [0.25, 0.3) is 15.9 Å². The average Bonchev–Trinajstić information content (AvgIpc) is 3.30. The summed E-state index contributed by atoms with van der Waals surface area (Å²) in [6.07, 6.45) is 0. The number of carbonyl (C=O) groups is 1. The van der Waals surface area contributed by atoms with Crippen LogP contribution in [0.4, 0.5) is 5.69 Å². The maximum atomic E-state index is 13.1. The number of rotatable bonds is 6. The van der Waals surface area contributed by atoms with Crippen LogP contribution in [0, 0.1) is 0 Å². The molecule has 1 aliphatic rings. The Balaban J connectivity index is 1.36. The van der Waals surface area contributed by atoms with Gasteiger partial charge in [0.2, 0.25) is 0 Å². The number of nitrogens with zero attached hydrogens (tertiary/aromatic N) is 2. The van der Waals surface area contributed by atoms with E-state index in [1.807, 2.05) is 6.07 Å². The maximum Gasteiger partial charge on any atom is 0.252 e. The zero-order valence-electron chi connectivity index (χ0n) is 17.3. The molecule has 0 radical (unpaired) electrons. The minimum atomic E-state index is -3.61. The fourth-order valence-electron chi connectivity index (χ4n) is 3.46. The molecule has 0 unspecified atom stereocenters. The van der Waals surface area contributed by atoms with Gasteiger partial charge in [0, 0.05) is 47.3 Å². The van der Waals surface area contributed by atoms with Crippen molar-refractivity contribution in [2.75, 3.05) is 31.1 Å². The van der Waals surface area contributed by atoms with E-state index in [0.29, 0.717) is 46.8 Å². The molecule has 6 nitrogen and oxygen atoms in total. The zero-order valence-corrected chi connectivity index (χ0v) is 21.2. The molecule has 2 aromatic carbocycles. The molecule has 4 rings (SSSR count). The van der Waals surface area contributed by atoms with Crippen molar-refractivity contribution in [2.24, 2.45) is 0 Å². The van der Waals surface area contributed by atoms with Crippen LogP contribution in [0.15, 0.2) is 58.8 Å². The summed E-state index contributed by atoms with van der Waals surface area (Å²) >= 11 is 19.1. The van der Waals surface area contributed by atoms with Gasteiger partial charge in [0.15, 0.2) is 0 Å². The van der Waals surface area contributed by atoms with E-state index >= 15 is 0 Å². The second kappa shape index (κ2) is 10.2. The molecule has 174 valence electrons. The van der Waals surface area contributed by atoms with Crippen molar-refractivity contribution in [1.29, 1.82) is 0 Å². The standard InChI is InChI=1S/C22H20Cl3N3O3S2/c23-16-3-1-15(2-4-16)22(29)26-14-18-6-8-21(32-18)33(30,31)28-11-9-27(10-12-28)17-5-7-19(24)20(25)13-17/h1-8,13H,9-12,14H2,(H,26,29). The van der Waals surface area contributed by atoms with Crippen molar-refractivity contribution < 1.29 is 13.2 Å². The first kappa shape index (κ1) is 24.3. The second-order valence-corrected chi connectivity index (χ2v) is 12.0. The predicted molar refractivity (Wildman–Crippen MR) is 134 cm³/mol. The Morgan fingerprint density at radius 2 is 1.61 bits per heavy atom. The molecular weight excluding hydrogens is 525 g/mol. The van der Waals surface area contributed by atoms with Crippen molar-refractivity contribution in [1.82, 2.24) is 9.62 Å². The summed E-state index contributed by atoms with van der Waals surface area (Å²) in [5, 5.41) is 4.31. The number of anilines is 1. The smallest absolute Gasteiger partial charge is 0.252 e. The number of hydrogen-bond acceptors (Lipinski definition) is 5. The molecule has 0 aliphatic carbocycles. The molecule has 0 bridgehead atoms. The number of halogens is 3. The minimum Gasteiger partial charge on any atom is -0.369 e. The number of benzene rings is 2. The topological polar surface area (TPSA) is 69.7 Å². The molecule has 1 amide bonds. The Labute approximate surface area is 211 Å². The largest absolute Gasteiger partial charge is 0.369 e. The molecule has 1 aromatic heterocycles. The predicted octanol–water partition coefficient (Wildman–Crippen LogP) is 5.15. The van der Waals surface area contributed by atoms with Crippen molar-refractivity contribution in [2.45, 2.75) is 10.8 Å². The Morgan fingerprint density at radius 3 is 2.27 bits per heavy atom. The molecule has 1 N–H and O–H groups in total. The van der Waals surface area contributed by atoms with Gasteiger partial charge in [0.1, 0.15) is 4.21 Å². The summed E-state index contributed by atoms with van der Waals surface area (Å²) in [4.78, 5) is 15.1. The lowest BCUT2D eigenvalue weighted by molar-refractivity contribution is 0.0951. The third kappa shape index (κ3) is 5.65. The van der Waals surface area contributed by atoms with Crippen LogP contribution in [0.5, 0.6) is 0 Å². The number of carbonyl (C=O) groups excluding carboxylic acids is 1. The molecule has 1 saturated heterocycles. The van der Waals surface area contributed by atoms with E-state index in [0.717, 1.165) is 21.9 Å². The average molecular weight is 545 g/mol. The number of hydrogen-bond donors (Lipinski definition) is 1. The number of sulfonamides is 1. The SMILES string of the molecule is O=C(NCc1ccc(S(=O)(=O)N2CCN(c3ccc(Cl)c(Cl)c3)CC2)s1)c1ccc(Cl)cc1. The van der Waals surface area contributed by atoms with E-state index in [1.165, 1.54) is 4.31 Å². The normalized spacial score (nSPS) is 14.9. The Bertz CT molecular complexity index is 1260. The van der Waals surface area contributed by atoms with E-state index in [9.17, 15) is 13.2 Å². The van der Waals surface area contributed by atoms with Gasteiger partial charge in [-0.3, -0.25) is 4.79 Å². The van der Waals surface area contributed by atoms with Crippen LogP contribution in [0.1, 0.15) is 15.2 Å². The summed E-state index contributed by atoms with van der Waals surface area (Å²) in [7, 11) is -3.61. The summed E-state index contributed by atoms with van der Waals surface area (Å²) in [6, 6.07) is 15.3. The highest BCUT2D eigenvalue weighted by molar-refractivity contribution is 7.91. The minimum absolute atomic E-state index is 0.243. The van der Waals surface area contributed by atoms with E-state index in [2.05, 4.69) is 10.2 Å². The summed E-state index contributed by atoms with van der Waals surface area (Å²) in [5.41, 5.74) is 1.40. The van der Waals surface area contributed by atoms with Crippen LogP contribution in [0.3, 0.4) is 0 Å². The second-order valence-electron chi connectivity index (χ2n) is 7.40. The third-order valence-corrected chi connectivity index (χ3v) is 9.71. The van der Waals surface area contributed by atoms with Crippen LogP contribution >= 0.6 is 46.1 Å². The van der Waals surface area contributed by atoms with Crippen LogP contribution in [0.25, 0.3) is 0 Å². The first-order chi connectivity index (χ1) is 15.7. The van der Waals surface area contributed by atoms with Gasteiger partial charge >= 0.3 is 0 Å². The number of amides is 1. The van der Waals surface area contributed by atoms with Crippen LogP contribution in [0.2, 0.25) is 15.1 Å². The summed E-state index contributed by atoms with van der Waals surface area (Å²) in [5.74, 6) is -0.247. The summed E-state index contributed by atoms with van der Waals surface area (Å²) in [6.45, 7) is 2.07. The van der Waals surface area contributed by atoms with Crippen molar-refractivity contribution in [3.63, 3.8) is 0 Å². The monoisotopic (exact) mass is 543 g/mol. The first-order valence-corrected chi connectivity index (χ1v) is 13.5. The van der Waals surface area contributed by atoms with Crippen molar-refractivity contribution in [3.05, 3.63) is 80.1 Å². The molecule has 1 fully saturated rings. The van der Waals surface area contributed by atoms with E-state index < -0.39 is 10.0 Å². The van der Waals surface area contributed by atoms with E-state index in [1.54, 1.807) is 48.5 Å². The molecule has 0 atom stereocenters. The molecule has 33 heavy (non-hydrogen) atoms. The van der Waals surface area contributed by atoms with E-state index in [4.69, 9.17) is 34.8 Å². The Morgan fingerprint density at radius 1 is 0.909 bits per heavy atom. The van der Waals surface area contributed by atoms with Gasteiger partial charge in [-0.2, -0.15) is 4.31 Å². The highest BCUT2D eigenvalue weighted by Gasteiger charge is 2.30. The molecule has 0 saturated carbocycles. The zero-order chi connectivity index (χ0) is 23.6. The van der Waals surface area contributed by atoms with Crippen LogP contribution in [-0.4, -0.2) is 44.8 Å². The number of thiophene rings is 1. The van der Waals surface area contributed by atoms with Gasteiger partial charge in [-0.1, -0.05) is 34.8 Å². The molecule has 1 aliphatic heterocycles. The van der Waals surface area contributed by atoms with Crippen LogP contribution in [-0.2, 0) is 16.6 Å². The molecule has 0 spiro atoms. The van der Waals surface area contributed by atoms with Crippen molar-refractivity contribution >= 4 is 67.8 Å². The lowest BCUT2D eigenvalue weighted by Gasteiger charge is -2.35. The number of nitrogens with one attached hydrogen (secondary N) is 1. The van der Waals surface area contributed by atoms with Gasteiger partial charge in [-0.05, 0) is 54.6 Å².